The maximum Gasteiger partial charge on any atom is 0.263 e. The zero-order chi connectivity index (χ0) is 21.0. The number of amides is 1. The molecule has 1 saturated heterocycles. The summed E-state index contributed by atoms with van der Waals surface area (Å²) in [6.07, 6.45) is 0.999. The van der Waals surface area contributed by atoms with E-state index in [-0.39, 0.29) is 5.91 Å². The molecular formula is C25H26N2O3S. The second-order valence-electron chi connectivity index (χ2n) is 7.93. The molecule has 0 N–H and O–H groups in total. The molecule has 1 fully saturated rings. The van der Waals surface area contributed by atoms with Crippen molar-refractivity contribution >= 4 is 17.2 Å². The lowest BCUT2D eigenvalue weighted by Crippen LogP contribution is -2.34. The number of ether oxygens (including phenoxy) is 2. The molecule has 0 unspecified atom stereocenters. The molecule has 31 heavy (non-hydrogen) atoms. The van der Waals surface area contributed by atoms with Gasteiger partial charge in [-0.1, -0.05) is 30.3 Å². The predicted molar refractivity (Wildman–Crippen MR) is 123 cm³/mol. The highest BCUT2D eigenvalue weighted by Gasteiger charge is 2.22. The van der Waals surface area contributed by atoms with Gasteiger partial charge in [0.15, 0.2) is 11.5 Å². The van der Waals surface area contributed by atoms with E-state index >= 15 is 0 Å². The molecule has 5 nitrogen and oxygen atoms in total. The minimum Gasteiger partial charge on any atom is -0.486 e. The lowest BCUT2D eigenvalue weighted by Gasteiger charge is -2.21. The van der Waals surface area contributed by atoms with Gasteiger partial charge >= 0.3 is 0 Å². The Hall–Kier alpha value is -2.83. The summed E-state index contributed by atoms with van der Waals surface area (Å²) in [4.78, 5) is 19.5. The van der Waals surface area contributed by atoms with Crippen LogP contribution in [0, 0.1) is 0 Å². The number of nitrogens with zero attached hydrogens (tertiary/aromatic N) is 2. The molecule has 5 rings (SSSR count). The van der Waals surface area contributed by atoms with Gasteiger partial charge in [-0.2, -0.15) is 0 Å². The number of thiophene rings is 1. The minimum atomic E-state index is 0.135. The van der Waals surface area contributed by atoms with Crippen LogP contribution in [0.1, 0.15) is 21.7 Å². The normalized spacial score (nSPS) is 16.7. The first-order valence-electron chi connectivity index (χ1n) is 10.8. The molecule has 3 aromatic rings. The van der Waals surface area contributed by atoms with E-state index < -0.39 is 0 Å². The van der Waals surface area contributed by atoms with Gasteiger partial charge in [-0.25, -0.2) is 0 Å². The number of fused-ring (bicyclic) bond motifs is 1. The van der Waals surface area contributed by atoms with Crippen LogP contribution in [0.3, 0.4) is 0 Å². The molecule has 2 aromatic carbocycles. The Morgan fingerprint density at radius 3 is 2.58 bits per heavy atom. The van der Waals surface area contributed by atoms with E-state index in [9.17, 15) is 4.79 Å². The van der Waals surface area contributed by atoms with Gasteiger partial charge in [-0.05, 0) is 47.9 Å². The van der Waals surface area contributed by atoms with Crippen LogP contribution in [0.4, 0.5) is 0 Å². The number of hydrogen-bond acceptors (Lipinski definition) is 5. The van der Waals surface area contributed by atoms with Gasteiger partial charge in [-0.15, -0.1) is 11.3 Å². The van der Waals surface area contributed by atoms with E-state index in [0.29, 0.717) is 13.2 Å². The van der Waals surface area contributed by atoms with E-state index in [2.05, 4.69) is 29.2 Å². The SMILES string of the molecule is O=C(c1ccc(-c2ccc3c(c2)OCCO3)s1)N1CCCN(Cc2ccccc2)CC1. The average Bonchev–Trinajstić information content (AvgIpc) is 3.20. The fourth-order valence-corrected chi connectivity index (χ4v) is 5.10. The van der Waals surface area contributed by atoms with Crippen LogP contribution in [-0.4, -0.2) is 55.1 Å². The van der Waals surface area contributed by atoms with Crippen molar-refractivity contribution in [1.29, 1.82) is 0 Å². The van der Waals surface area contributed by atoms with Crippen LogP contribution in [-0.2, 0) is 6.54 Å². The summed E-state index contributed by atoms with van der Waals surface area (Å²) in [5.41, 5.74) is 2.38. The molecule has 0 aliphatic carbocycles. The molecule has 0 atom stereocenters. The van der Waals surface area contributed by atoms with Crippen molar-refractivity contribution < 1.29 is 14.3 Å². The third-order valence-electron chi connectivity index (χ3n) is 5.77. The molecule has 2 aliphatic heterocycles. The summed E-state index contributed by atoms with van der Waals surface area (Å²) >= 11 is 1.55. The summed E-state index contributed by atoms with van der Waals surface area (Å²) in [6.45, 7) is 5.59. The summed E-state index contributed by atoms with van der Waals surface area (Å²) < 4.78 is 11.3. The van der Waals surface area contributed by atoms with Gasteiger partial charge in [0.2, 0.25) is 0 Å². The highest BCUT2D eigenvalue weighted by atomic mass is 32.1. The van der Waals surface area contributed by atoms with Crippen LogP contribution >= 0.6 is 11.3 Å². The zero-order valence-corrected chi connectivity index (χ0v) is 18.3. The standard InChI is InChI=1S/C25H26N2O3S/c28-25(27-12-4-11-26(13-14-27)18-19-5-2-1-3-6-19)24-10-9-23(31-24)20-7-8-21-22(17-20)30-16-15-29-21/h1-3,5-10,17H,4,11-16,18H2. The second-order valence-corrected chi connectivity index (χ2v) is 9.01. The van der Waals surface area contributed by atoms with Gasteiger partial charge in [0.25, 0.3) is 5.91 Å². The van der Waals surface area contributed by atoms with E-state index in [1.807, 2.05) is 41.3 Å². The number of hydrogen-bond donors (Lipinski definition) is 0. The van der Waals surface area contributed by atoms with Gasteiger partial charge in [0.1, 0.15) is 13.2 Å². The zero-order valence-electron chi connectivity index (χ0n) is 17.5. The lowest BCUT2D eigenvalue weighted by molar-refractivity contribution is 0.0766. The van der Waals surface area contributed by atoms with Crippen molar-refractivity contribution in [2.24, 2.45) is 0 Å². The van der Waals surface area contributed by atoms with Crippen LogP contribution in [0.2, 0.25) is 0 Å². The molecule has 1 amide bonds. The molecule has 0 bridgehead atoms. The highest BCUT2D eigenvalue weighted by molar-refractivity contribution is 7.17. The molecule has 0 spiro atoms. The largest absolute Gasteiger partial charge is 0.486 e. The fourth-order valence-electron chi connectivity index (χ4n) is 4.13. The maximum absolute atomic E-state index is 13.2. The number of carbonyl (C=O) groups is 1. The van der Waals surface area contributed by atoms with E-state index in [1.54, 1.807) is 11.3 Å². The van der Waals surface area contributed by atoms with Crippen molar-refractivity contribution in [2.75, 3.05) is 39.4 Å². The molecule has 6 heteroatoms. The summed E-state index contributed by atoms with van der Waals surface area (Å²) in [7, 11) is 0. The quantitative estimate of drug-likeness (QED) is 0.605. The van der Waals surface area contributed by atoms with Crippen LogP contribution in [0.25, 0.3) is 10.4 Å². The van der Waals surface area contributed by atoms with E-state index in [1.165, 1.54) is 5.56 Å². The predicted octanol–water partition coefficient (Wildman–Crippen LogP) is 4.53. The third-order valence-corrected chi connectivity index (χ3v) is 6.89. The molecule has 1 aromatic heterocycles. The molecule has 0 saturated carbocycles. The van der Waals surface area contributed by atoms with Gasteiger partial charge in [0.05, 0.1) is 4.88 Å². The first-order valence-corrected chi connectivity index (χ1v) is 11.6. The third kappa shape index (κ3) is 4.60. The number of rotatable bonds is 4. The number of carbonyl (C=O) groups excluding carboxylic acids is 1. The van der Waals surface area contributed by atoms with Crippen molar-refractivity contribution in [1.82, 2.24) is 9.80 Å². The van der Waals surface area contributed by atoms with E-state index in [0.717, 1.165) is 66.0 Å². The molecule has 3 heterocycles. The van der Waals surface area contributed by atoms with Gasteiger partial charge in [0, 0.05) is 37.6 Å². The Morgan fingerprint density at radius 1 is 0.871 bits per heavy atom. The summed E-state index contributed by atoms with van der Waals surface area (Å²) in [5.74, 6) is 1.69. The van der Waals surface area contributed by atoms with Crippen molar-refractivity contribution in [3.8, 4) is 21.9 Å². The topological polar surface area (TPSA) is 42.0 Å². The fraction of sp³-hybridized carbons (Fsp3) is 0.320. The van der Waals surface area contributed by atoms with Crippen molar-refractivity contribution in [2.45, 2.75) is 13.0 Å². The summed E-state index contributed by atoms with van der Waals surface area (Å²) in [5, 5.41) is 0. The number of benzene rings is 2. The molecular weight excluding hydrogens is 408 g/mol. The Morgan fingerprint density at radius 2 is 1.71 bits per heavy atom. The Bertz CT molecular complexity index is 1050. The van der Waals surface area contributed by atoms with Crippen molar-refractivity contribution in [3.63, 3.8) is 0 Å². The average molecular weight is 435 g/mol. The van der Waals surface area contributed by atoms with Crippen LogP contribution in [0.15, 0.2) is 60.7 Å². The first-order chi connectivity index (χ1) is 15.3. The summed E-state index contributed by atoms with van der Waals surface area (Å²) in [6, 6.07) is 20.5. The monoisotopic (exact) mass is 434 g/mol. The Labute approximate surface area is 186 Å². The van der Waals surface area contributed by atoms with Crippen LogP contribution < -0.4 is 9.47 Å². The molecule has 160 valence electrons. The Balaban J connectivity index is 1.24. The van der Waals surface area contributed by atoms with Gasteiger partial charge < -0.3 is 14.4 Å². The lowest BCUT2D eigenvalue weighted by atomic mass is 10.1. The second kappa shape index (κ2) is 9.12. The minimum absolute atomic E-state index is 0.135. The van der Waals surface area contributed by atoms with Crippen molar-refractivity contribution in [3.05, 3.63) is 71.1 Å². The highest BCUT2D eigenvalue weighted by Crippen LogP contribution is 2.37. The molecule has 0 radical (unpaired) electrons. The van der Waals surface area contributed by atoms with E-state index in [4.69, 9.17) is 9.47 Å². The first kappa shape index (κ1) is 20.1. The van der Waals surface area contributed by atoms with Crippen LogP contribution in [0.5, 0.6) is 11.5 Å². The Kier molecular flexibility index (Phi) is 5.91. The smallest absolute Gasteiger partial charge is 0.263 e. The molecule has 2 aliphatic rings. The maximum atomic E-state index is 13.2. The van der Waals surface area contributed by atoms with Gasteiger partial charge in [-0.3, -0.25) is 9.69 Å².